The van der Waals surface area contributed by atoms with Gasteiger partial charge in [0.1, 0.15) is 5.69 Å². The van der Waals surface area contributed by atoms with Gasteiger partial charge in [-0.25, -0.2) is 0 Å². The Bertz CT molecular complexity index is 525. The van der Waals surface area contributed by atoms with Gasteiger partial charge < -0.3 is 14.8 Å². The number of hydrogen-bond donors (Lipinski definition) is 2. The van der Waals surface area contributed by atoms with Crippen LogP contribution in [0.15, 0.2) is 23.0 Å². The molecule has 0 bridgehead atoms. The van der Waals surface area contributed by atoms with E-state index in [-0.39, 0.29) is 11.8 Å². The minimum absolute atomic E-state index is 0.158. The number of anilines is 1. The predicted octanol–water partition coefficient (Wildman–Crippen LogP) is 2.69. The molecule has 0 fully saturated rings. The van der Waals surface area contributed by atoms with Gasteiger partial charge in [-0.3, -0.25) is 4.79 Å². The van der Waals surface area contributed by atoms with Crippen LogP contribution in [0, 0.1) is 6.92 Å². The van der Waals surface area contributed by atoms with Gasteiger partial charge in [0, 0.05) is 17.8 Å². The summed E-state index contributed by atoms with van der Waals surface area (Å²) in [5.74, 6) is 0.709. The first-order valence-corrected chi connectivity index (χ1v) is 5.49. The highest BCUT2D eigenvalue weighted by Gasteiger charge is 2.16. The largest absolute Gasteiger partial charge is 0.365 e. The van der Waals surface area contributed by atoms with Crippen molar-refractivity contribution in [2.45, 2.75) is 26.7 Å². The highest BCUT2D eigenvalue weighted by molar-refractivity contribution is 6.05. The topological polar surface area (TPSA) is 70.9 Å². The lowest BCUT2D eigenvalue weighted by Gasteiger charge is -2.05. The van der Waals surface area contributed by atoms with Gasteiger partial charge in [0.25, 0.3) is 5.91 Å². The number of nitrogens with one attached hydrogen (secondary N) is 2. The Morgan fingerprint density at radius 1 is 1.53 bits per heavy atom. The SMILES string of the molecule is Cc1[nH]ccc1C(=O)Nc1cnoc1C(C)C. The van der Waals surface area contributed by atoms with Crippen LogP contribution < -0.4 is 5.32 Å². The molecule has 2 N–H and O–H groups in total. The standard InChI is InChI=1S/C12H15N3O2/c1-7(2)11-10(6-14-17-11)15-12(16)9-4-5-13-8(9)3/h4-7,13H,1-3H3,(H,15,16). The van der Waals surface area contributed by atoms with E-state index in [1.807, 2.05) is 20.8 Å². The van der Waals surface area contributed by atoms with Crippen molar-refractivity contribution in [3.8, 4) is 0 Å². The monoisotopic (exact) mass is 233 g/mol. The van der Waals surface area contributed by atoms with E-state index in [0.717, 1.165) is 5.69 Å². The summed E-state index contributed by atoms with van der Waals surface area (Å²) in [5, 5.41) is 6.50. The number of nitrogens with zero attached hydrogens (tertiary/aromatic N) is 1. The second-order valence-electron chi connectivity index (χ2n) is 4.23. The molecule has 5 nitrogen and oxygen atoms in total. The first-order valence-electron chi connectivity index (χ1n) is 5.49. The Hall–Kier alpha value is -2.04. The van der Waals surface area contributed by atoms with E-state index in [1.165, 1.54) is 6.20 Å². The fraction of sp³-hybridized carbons (Fsp3) is 0.333. The average molecular weight is 233 g/mol. The quantitative estimate of drug-likeness (QED) is 0.856. The Balaban J connectivity index is 2.19. The maximum Gasteiger partial charge on any atom is 0.257 e. The van der Waals surface area contributed by atoms with Crippen LogP contribution >= 0.6 is 0 Å². The van der Waals surface area contributed by atoms with E-state index < -0.39 is 0 Å². The maximum atomic E-state index is 12.0. The average Bonchev–Trinajstić information content (AvgIpc) is 2.86. The molecule has 0 unspecified atom stereocenters. The van der Waals surface area contributed by atoms with Gasteiger partial charge in [0.15, 0.2) is 5.76 Å². The number of carbonyl (C=O) groups is 1. The van der Waals surface area contributed by atoms with E-state index in [1.54, 1.807) is 12.3 Å². The molecule has 17 heavy (non-hydrogen) atoms. The number of carbonyl (C=O) groups excluding carboxylic acids is 1. The fourth-order valence-electron chi connectivity index (χ4n) is 1.65. The van der Waals surface area contributed by atoms with E-state index in [4.69, 9.17) is 4.52 Å². The summed E-state index contributed by atoms with van der Waals surface area (Å²) in [6, 6.07) is 1.74. The predicted molar refractivity (Wildman–Crippen MR) is 64.1 cm³/mol. The van der Waals surface area contributed by atoms with Crippen molar-refractivity contribution in [1.29, 1.82) is 0 Å². The third kappa shape index (κ3) is 2.22. The molecule has 1 amide bonds. The van der Waals surface area contributed by atoms with Crippen LogP contribution in [-0.2, 0) is 0 Å². The second-order valence-corrected chi connectivity index (χ2v) is 4.23. The summed E-state index contributed by atoms with van der Waals surface area (Å²) in [6.07, 6.45) is 3.26. The molecule has 2 aromatic heterocycles. The molecule has 0 aromatic carbocycles. The molecule has 90 valence electrons. The summed E-state index contributed by atoms with van der Waals surface area (Å²) in [6.45, 7) is 5.82. The summed E-state index contributed by atoms with van der Waals surface area (Å²) < 4.78 is 5.10. The van der Waals surface area contributed by atoms with Crippen molar-refractivity contribution in [2.24, 2.45) is 0 Å². The highest BCUT2D eigenvalue weighted by Crippen LogP contribution is 2.24. The van der Waals surface area contributed by atoms with Gasteiger partial charge in [0.05, 0.1) is 11.8 Å². The van der Waals surface area contributed by atoms with E-state index >= 15 is 0 Å². The number of hydrogen-bond acceptors (Lipinski definition) is 3. The van der Waals surface area contributed by atoms with Crippen molar-refractivity contribution in [3.05, 3.63) is 35.5 Å². The zero-order chi connectivity index (χ0) is 12.4. The van der Waals surface area contributed by atoms with E-state index in [2.05, 4.69) is 15.5 Å². The molecule has 0 aliphatic heterocycles. The minimum Gasteiger partial charge on any atom is -0.365 e. The van der Waals surface area contributed by atoms with Crippen LogP contribution in [0.25, 0.3) is 0 Å². The summed E-state index contributed by atoms with van der Waals surface area (Å²) in [4.78, 5) is 14.9. The van der Waals surface area contributed by atoms with Crippen LogP contribution in [0.3, 0.4) is 0 Å². The number of aryl methyl sites for hydroxylation is 1. The number of aromatic nitrogens is 2. The van der Waals surface area contributed by atoms with Gasteiger partial charge in [-0.1, -0.05) is 19.0 Å². The highest BCUT2D eigenvalue weighted by atomic mass is 16.5. The van der Waals surface area contributed by atoms with E-state index in [0.29, 0.717) is 17.0 Å². The number of amides is 1. The van der Waals surface area contributed by atoms with Crippen LogP contribution in [0.4, 0.5) is 5.69 Å². The summed E-state index contributed by atoms with van der Waals surface area (Å²) >= 11 is 0. The fourth-order valence-corrected chi connectivity index (χ4v) is 1.65. The zero-order valence-electron chi connectivity index (χ0n) is 10.1. The van der Waals surface area contributed by atoms with Crippen molar-refractivity contribution < 1.29 is 9.32 Å². The second kappa shape index (κ2) is 4.45. The Morgan fingerprint density at radius 2 is 2.29 bits per heavy atom. The van der Waals surface area contributed by atoms with Gasteiger partial charge in [-0.05, 0) is 13.0 Å². The van der Waals surface area contributed by atoms with Crippen molar-refractivity contribution in [2.75, 3.05) is 5.32 Å². The maximum absolute atomic E-state index is 12.0. The minimum atomic E-state index is -0.158. The lowest BCUT2D eigenvalue weighted by atomic mass is 10.1. The van der Waals surface area contributed by atoms with E-state index in [9.17, 15) is 4.79 Å². The van der Waals surface area contributed by atoms with Crippen molar-refractivity contribution >= 4 is 11.6 Å². The van der Waals surface area contributed by atoms with Crippen LogP contribution in [0.2, 0.25) is 0 Å². The molecule has 0 saturated heterocycles. The molecular formula is C12H15N3O2. The Labute approximate surface area is 99.2 Å². The molecule has 5 heteroatoms. The summed E-state index contributed by atoms with van der Waals surface area (Å²) in [5.41, 5.74) is 2.09. The first-order chi connectivity index (χ1) is 8.09. The zero-order valence-corrected chi connectivity index (χ0v) is 10.1. The summed E-state index contributed by atoms with van der Waals surface area (Å²) in [7, 11) is 0. The molecule has 0 atom stereocenters. The number of H-pyrrole nitrogens is 1. The van der Waals surface area contributed by atoms with Gasteiger partial charge in [-0.2, -0.15) is 0 Å². The number of rotatable bonds is 3. The first kappa shape index (κ1) is 11.4. The molecule has 0 radical (unpaired) electrons. The molecule has 2 aromatic rings. The molecule has 2 heterocycles. The molecular weight excluding hydrogens is 218 g/mol. The van der Waals surface area contributed by atoms with Gasteiger partial charge in [-0.15, -0.1) is 0 Å². The number of aromatic amines is 1. The normalized spacial score (nSPS) is 10.8. The van der Waals surface area contributed by atoms with Gasteiger partial charge >= 0.3 is 0 Å². The smallest absolute Gasteiger partial charge is 0.257 e. The van der Waals surface area contributed by atoms with Crippen LogP contribution in [0.1, 0.15) is 41.6 Å². The Morgan fingerprint density at radius 3 is 2.88 bits per heavy atom. The molecule has 0 saturated carbocycles. The van der Waals surface area contributed by atoms with Crippen LogP contribution in [0.5, 0.6) is 0 Å². The third-order valence-corrected chi connectivity index (χ3v) is 2.57. The van der Waals surface area contributed by atoms with Crippen molar-refractivity contribution in [1.82, 2.24) is 10.1 Å². The molecule has 2 rings (SSSR count). The molecule has 0 aliphatic rings. The van der Waals surface area contributed by atoms with Crippen molar-refractivity contribution in [3.63, 3.8) is 0 Å². The lowest BCUT2D eigenvalue weighted by Crippen LogP contribution is -2.13. The third-order valence-electron chi connectivity index (χ3n) is 2.57. The van der Waals surface area contributed by atoms with Gasteiger partial charge in [0.2, 0.25) is 0 Å². The Kier molecular flexibility index (Phi) is 2.99. The molecule has 0 spiro atoms. The van der Waals surface area contributed by atoms with Crippen LogP contribution in [-0.4, -0.2) is 16.0 Å². The molecule has 0 aliphatic carbocycles. The lowest BCUT2D eigenvalue weighted by molar-refractivity contribution is 0.102.